The molecule has 19 heavy (non-hydrogen) atoms. The zero-order chi connectivity index (χ0) is 14.6. The van der Waals surface area contributed by atoms with Gasteiger partial charge in [0.2, 0.25) is 5.91 Å². The van der Waals surface area contributed by atoms with Gasteiger partial charge in [-0.15, -0.1) is 0 Å². The molecule has 0 aliphatic heterocycles. The number of hydrogen-bond donors (Lipinski definition) is 4. The number of rotatable bonds is 4. The molecule has 0 aromatic carbocycles. The molecular weight excluding hydrogens is 252 g/mol. The second-order valence-electron chi connectivity index (χ2n) is 3.83. The van der Waals surface area contributed by atoms with Gasteiger partial charge in [-0.25, -0.2) is 4.79 Å². The van der Waals surface area contributed by atoms with Crippen LogP contribution in [-0.2, 0) is 16.2 Å². The van der Waals surface area contributed by atoms with Gasteiger partial charge >= 0.3 is 5.97 Å². The van der Waals surface area contributed by atoms with Gasteiger partial charge in [0, 0.05) is 24.2 Å². The van der Waals surface area contributed by atoms with Crippen LogP contribution in [0.4, 0.5) is 0 Å². The highest BCUT2D eigenvalue weighted by Crippen LogP contribution is 2.26. The number of aliphatic hydroxyl groups excluding tert-OH is 1. The lowest BCUT2D eigenvalue weighted by molar-refractivity contribution is -0.134. The summed E-state index contributed by atoms with van der Waals surface area (Å²) in [5.41, 5.74) is 0.257. The van der Waals surface area contributed by atoms with E-state index in [1.165, 1.54) is 20.0 Å². The van der Waals surface area contributed by atoms with Crippen LogP contribution < -0.4 is 5.32 Å². The predicted octanol–water partition coefficient (Wildman–Crippen LogP) is 0.150. The molecule has 0 atom stereocenters. The van der Waals surface area contributed by atoms with E-state index < -0.39 is 24.2 Å². The summed E-state index contributed by atoms with van der Waals surface area (Å²) in [6.45, 7) is 2.29. The normalized spacial score (nSPS) is 11.2. The quantitative estimate of drug-likeness (QED) is 0.576. The second kappa shape index (κ2) is 5.96. The van der Waals surface area contributed by atoms with Gasteiger partial charge in [0.25, 0.3) is 0 Å². The van der Waals surface area contributed by atoms with E-state index in [-0.39, 0.29) is 22.6 Å². The van der Waals surface area contributed by atoms with Crippen molar-refractivity contribution in [1.82, 2.24) is 10.3 Å². The fourth-order valence-electron chi connectivity index (χ4n) is 1.42. The Morgan fingerprint density at radius 1 is 1.47 bits per heavy atom. The average molecular weight is 266 g/mol. The zero-order valence-electron chi connectivity index (χ0n) is 10.5. The van der Waals surface area contributed by atoms with E-state index in [0.29, 0.717) is 0 Å². The summed E-state index contributed by atoms with van der Waals surface area (Å²) in [5, 5.41) is 30.1. The van der Waals surface area contributed by atoms with Crippen LogP contribution in [0.2, 0.25) is 0 Å². The van der Waals surface area contributed by atoms with Gasteiger partial charge in [0.1, 0.15) is 11.4 Å². The molecule has 1 aromatic heterocycles. The van der Waals surface area contributed by atoms with Gasteiger partial charge in [-0.1, -0.05) is 0 Å². The number of aromatic hydroxyl groups is 1. The lowest BCUT2D eigenvalue weighted by atomic mass is 10.1. The third-order valence-corrected chi connectivity index (χ3v) is 2.36. The van der Waals surface area contributed by atoms with Crippen molar-refractivity contribution in [3.63, 3.8) is 0 Å². The Kier molecular flexibility index (Phi) is 4.60. The summed E-state index contributed by atoms with van der Waals surface area (Å²) < 4.78 is 0. The molecule has 4 N–H and O–H groups in total. The molecule has 0 unspecified atom stereocenters. The highest BCUT2D eigenvalue weighted by molar-refractivity contribution is 5.96. The smallest absolute Gasteiger partial charge is 0.352 e. The van der Waals surface area contributed by atoms with Gasteiger partial charge in [-0.05, 0) is 13.0 Å². The van der Waals surface area contributed by atoms with Gasteiger partial charge in [-0.3, -0.25) is 9.78 Å². The van der Waals surface area contributed by atoms with Crippen LogP contribution in [0.15, 0.2) is 11.9 Å². The first-order valence-electron chi connectivity index (χ1n) is 5.37. The minimum absolute atomic E-state index is 0.112. The number of nitrogens with zero attached hydrogens (tertiary/aromatic N) is 1. The number of carboxylic acid groups (broad SMARTS) is 1. The molecule has 0 fully saturated rings. The Hall–Kier alpha value is -2.41. The van der Waals surface area contributed by atoms with Crippen molar-refractivity contribution in [2.75, 3.05) is 0 Å². The summed E-state index contributed by atoms with van der Waals surface area (Å²) in [6.07, 6.45) is 2.41. The van der Waals surface area contributed by atoms with Crippen molar-refractivity contribution in [1.29, 1.82) is 0 Å². The molecule has 1 rings (SSSR count). The number of pyridine rings is 1. The molecule has 0 saturated carbocycles. The van der Waals surface area contributed by atoms with Gasteiger partial charge < -0.3 is 20.6 Å². The van der Waals surface area contributed by atoms with E-state index >= 15 is 0 Å². The lowest BCUT2D eigenvalue weighted by Crippen LogP contribution is -2.24. The molecule has 0 aliphatic carbocycles. The number of hydrogen-bond acceptors (Lipinski definition) is 5. The number of aliphatic carboxylic acids is 1. The lowest BCUT2D eigenvalue weighted by Gasteiger charge is -2.09. The Balaban J connectivity index is 3.38. The third kappa shape index (κ3) is 3.52. The third-order valence-electron chi connectivity index (χ3n) is 2.36. The predicted molar refractivity (Wildman–Crippen MR) is 66.0 cm³/mol. The first-order chi connectivity index (χ1) is 8.86. The van der Waals surface area contributed by atoms with E-state index in [2.05, 4.69) is 10.3 Å². The van der Waals surface area contributed by atoms with E-state index in [9.17, 15) is 14.7 Å². The molecule has 102 valence electrons. The fraction of sp³-hybridized carbons (Fsp3) is 0.250. The summed E-state index contributed by atoms with van der Waals surface area (Å²) >= 11 is 0. The Morgan fingerprint density at radius 2 is 2.11 bits per heavy atom. The highest BCUT2D eigenvalue weighted by atomic mass is 16.4. The number of aliphatic hydroxyl groups is 1. The summed E-state index contributed by atoms with van der Waals surface area (Å²) in [4.78, 5) is 25.8. The molecule has 0 bridgehead atoms. The number of carbonyl (C=O) groups excluding carboxylic acids is 1. The first-order valence-corrected chi connectivity index (χ1v) is 5.37. The number of aryl methyl sites for hydroxylation is 1. The van der Waals surface area contributed by atoms with Crippen LogP contribution in [0, 0.1) is 6.92 Å². The Labute approximate surface area is 109 Å². The maximum absolute atomic E-state index is 11.0. The highest BCUT2D eigenvalue weighted by Gasteiger charge is 2.14. The van der Waals surface area contributed by atoms with Crippen molar-refractivity contribution in [2.24, 2.45) is 0 Å². The van der Waals surface area contributed by atoms with Crippen LogP contribution in [0.25, 0.3) is 6.08 Å². The van der Waals surface area contributed by atoms with Crippen molar-refractivity contribution < 1.29 is 24.9 Å². The van der Waals surface area contributed by atoms with Crippen LogP contribution >= 0.6 is 0 Å². The molecule has 1 amide bonds. The number of nitrogens with one attached hydrogen (secondary N) is 1. The fourth-order valence-corrected chi connectivity index (χ4v) is 1.42. The number of carboxylic acids is 1. The molecule has 7 heteroatoms. The summed E-state index contributed by atoms with van der Waals surface area (Å²) in [5.74, 6) is -2.15. The minimum atomic E-state index is -1.35. The molecule has 1 heterocycles. The minimum Gasteiger partial charge on any atom is -0.505 e. The van der Waals surface area contributed by atoms with Crippen molar-refractivity contribution in [3.05, 3.63) is 28.7 Å². The van der Waals surface area contributed by atoms with Crippen LogP contribution in [0.1, 0.15) is 23.7 Å². The number of carbonyl (C=O) groups is 2. The number of aromatic nitrogens is 1. The number of amides is 1. The SMILES string of the molecule is CC(=O)N/C(=C/c1c(CO)cnc(C)c1O)C(=O)O. The molecule has 0 aliphatic rings. The first kappa shape index (κ1) is 14.7. The summed E-state index contributed by atoms with van der Waals surface area (Å²) in [6, 6.07) is 0. The van der Waals surface area contributed by atoms with E-state index in [1.807, 2.05) is 0 Å². The maximum atomic E-state index is 11.0. The van der Waals surface area contributed by atoms with E-state index in [1.54, 1.807) is 0 Å². The van der Waals surface area contributed by atoms with Crippen molar-refractivity contribution in [3.8, 4) is 5.75 Å². The van der Waals surface area contributed by atoms with E-state index in [0.717, 1.165) is 6.08 Å². The zero-order valence-corrected chi connectivity index (χ0v) is 10.5. The average Bonchev–Trinajstić information content (AvgIpc) is 2.33. The van der Waals surface area contributed by atoms with Gasteiger partial charge in [-0.2, -0.15) is 0 Å². The van der Waals surface area contributed by atoms with Gasteiger partial charge in [0.15, 0.2) is 0 Å². The molecular formula is C12H14N2O5. The maximum Gasteiger partial charge on any atom is 0.352 e. The van der Waals surface area contributed by atoms with Crippen molar-refractivity contribution in [2.45, 2.75) is 20.5 Å². The van der Waals surface area contributed by atoms with Crippen LogP contribution in [-0.4, -0.2) is 32.2 Å². The monoisotopic (exact) mass is 266 g/mol. The largest absolute Gasteiger partial charge is 0.505 e. The molecule has 0 spiro atoms. The topological polar surface area (TPSA) is 120 Å². The van der Waals surface area contributed by atoms with Gasteiger partial charge in [0.05, 0.1) is 12.3 Å². The van der Waals surface area contributed by atoms with Crippen molar-refractivity contribution >= 4 is 18.0 Å². The standard InChI is InChI=1S/C12H14N2O5/c1-6-11(17)9(8(5-15)4-13-6)3-10(12(18)19)14-7(2)16/h3-4,15,17H,5H2,1-2H3,(H,14,16)(H,18,19)/b10-3+. The Morgan fingerprint density at radius 3 is 2.58 bits per heavy atom. The molecule has 0 radical (unpaired) electrons. The molecule has 7 nitrogen and oxygen atoms in total. The van der Waals surface area contributed by atoms with Crippen LogP contribution in [0.5, 0.6) is 5.75 Å². The molecule has 0 saturated heterocycles. The molecule has 1 aromatic rings. The van der Waals surface area contributed by atoms with E-state index in [4.69, 9.17) is 10.2 Å². The second-order valence-corrected chi connectivity index (χ2v) is 3.83. The Bertz CT molecular complexity index is 551. The summed E-state index contributed by atoms with van der Waals surface area (Å²) in [7, 11) is 0. The van der Waals surface area contributed by atoms with Crippen LogP contribution in [0.3, 0.4) is 0 Å².